The molecule has 6 heteroatoms. The zero-order valence-electron chi connectivity index (χ0n) is 11.3. The van der Waals surface area contributed by atoms with E-state index in [1.807, 2.05) is 22.6 Å². The van der Waals surface area contributed by atoms with Crippen LogP contribution in [0.1, 0.15) is 0 Å². The number of fused-ring (bicyclic) bond motifs is 2. The second-order valence-corrected chi connectivity index (χ2v) is 5.57. The molecule has 3 rings (SSSR count). The Morgan fingerprint density at radius 2 is 1.91 bits per heavy atom. The minimum absolute atomic E-state index is 0.118. The van der Waals surface area contributed by atoms with Gasteiger partial charge in [-0.05, 0) is 24.3 Å². The summed E-state index contributed by atoms with van der Waals surface area (Å²) in [6, 6.07) is 11.7. The maximum Gasteiger partial charge on any atom is 0.345 e. The molecule has 1 N–H and O–H groups in total. The monoisotopic (exact) mass is 410 g/mol. The third kappa shape index (κ3) is 2.66. The first kappa shape index (κ1) is 14.8. The Kier molecular flexibility index (Phi) is 4.02. The van der Waals surface area contributed by atoms with E-state index >= 15 is 0 Å². The van der Waals surface area contributed by atoms with E-state index in [-0.39, 0.29) is 5.43 Å². The zero-order chi connectivity index (χ0) is 15.7. The molecule has 3 aromatic rings. The summed E-state index contributed by atoms with van der Waals surface area (Å²) < 4.78 is 11.4. The summed E-state index contributed by atoms with van der Waals surface area (Å²) in [6.07, 6.45) is -0.940. The number of carbonyl (C=O) groups is 1. The van der Waals surface area contributed by atoms with Crippen LogP contribution in [0.3, 0.4) is 0 Å². The summed E-state index contributed by atoms with van der Waals surface area (Å²) in [5.74, 6) is -0.676. The van der Waals surface area contributed by atoms with Gasteiger partial charge in [-0.25, -0.2) is 4.79 Å². The summed E-state index contributed by atoms with van der Waals surface area (Å²) in [5.41, 5.74) is 0.742. The van der Waals surface area contributed by atoms with Gasteiger partial charge in [-0.1, -0.05) is 34.7 Å². The smallest absolute Gasteiger partial charge is 0.345 e. The van der Waals surface area contributed by atoms with Crippen LogP contribution in [0.2, 0.25) is 0 Å². The highest BCUT2D eigenvalue weighted by atomic mass is 127. The van der Waals surface area contributed by atoms with Crippen LogP contribution in [0.4, 0.5) is 0 Å². The predicted molar refractivity (Wildman–Crippen MR) is 90.9 cm³/mol. The molecule has 0 aliphatic carbocycles. The minimum Gasteiger partial charge on any atom is -0.478 e. The van der Waals surface area contributed by atoms with Crippen LogP contribution in [0.15, 0.2) is 51.7 Å². The largest absolute Gasteiger partial charge is 0.478 e. The van der Waals surface area contributed by atoms with E-state index < -0.39 is 12.1 Å². The van der Waals surface area contributed by atoms with E-state index in [2.05, 4.69) is 0 Å². The number of carboxylic acid groups (broad SMARTS) is 1. The van der Waals surface area contributed by atoms with Crippen LogP contribution < -0.4 is 10.2 Å². The van der Waals surface area contributed by atoms with E-state index in [4.69, 9.17) is 14.3 Å². The molecule has 2 aromatic carbocycles. The number of hydrogen-bond acceptors (Lipinski definition) is 4. The van der Waals surface area contributed by atoms with Crippen molar-refractivity contribution in [3.8, 4) is 5.75 Å². The Bertz CT molecular complexity index is 915. The highest BCUT2D eigenvalue weighted by Crippen LogP contribution is 2.23. The molecule has 0 radical (unpaired) electrons. The van der Waals surface area contributed by atoms with Gasteiger partial charge in [0.05, 0.1) is 10.8 Å². The zero-order valence-corrected chi connectivity index (χ0v) is 13.4. The molecule has 112 valence electrons. The fraction of sp³-hybridized carbons (Fsp3) is 0.125. The number of carboxylic acids is 1. The Hall–Kier alpha value is -2.09. The van der Waals surface area contributed by atoms with Crippen LogP contribution >= 0.6 is 22.6 Å². The quantitative estimate of drug-likeness (QED) is 0.406. The van der Waals surface area contributed by atoms with Crippen LogP contribution in [-0.2, 0) is 4.79 Å². The molecular formula is C16H11IO5. The van der Waals surface area contributed by atoms with Gasteiger partial charge < -0.3 is 14.3 Å². The van der Waals surface area contributed by atoms with E-state index in [0.29, 0.717) is 32.1 Å². The normalized spacial score (nSPS) is 12.4. The minimum atomic E-state index is -1.03. The lowest BCUT2D eigenvalue weighted by Gasteiger charge is -2.12. The van der Waals surface area contributed by atoms with Crippen molar-refractivity contribution >= 4 is 50.5 Å². The van der Waals surface area contributed by atoms with Crippen molar-refractivity contribution in [3.05, 3.63) is 52.7 Å². The first-order chi connectivity index (χ1) is 10.6. The Morgan fingerprint density at radius 1 is 1.18 bits per heavy atom. The summed E-state index contributed by atoms with van der Waals surface area (Å²) in [4.78, 5) is 23.4. The molecule has 5 nitrogen and oxygen atoms in total. The molecule has 1 atom stereocenters. The molecule has 0 aliphatic heterocycles. The molecule has 1 aromatic heterocycles. The number of hydrogen-bond donors (Lipinski definition) is 1. The van der Waals surface area contributed by atoms with Gasteiger partial charge >= 0.3 is 5.97 Å². The van der Waals surface area contributed by atoms with Crippen molar-refractivity contribution in [2.45, 2.75) is 6.10 Å². The second kappa shape index (κ2) is 5.96. The fourth-order valence-corrected chi connectivity index (χ4v) is 2.72. The summed E-state index contributed by atoms with van der Waals surface area (Å²) in [7, 11) is 0. The second-order valence-electron chi connectivity index (χ2n) is 4.68. The molecule has 0 fully saturated rings. The lowest BCUT2D eigenvalue weighted by Crippen LogP contribution is -2.28. The highest BCUT2D eigenvalue weighted by molar-refractivity contribution is 14.1. The SMILES string of the molecule is O=C(O)C(CI)Oc1ccc2c(=O)c3ccccc3oc2c1. The van der Waals surface area contributed by atoms with E-state index in [1.54, 1.807) is 42.5 Å². The lowest BCUT2D eigenvalue weighted by atomic mass is 10.1. The maximum atomic E-state index is 12.4. The number of halogens is 1. The third-order valence-electron chi connectivity index (χ3n) is 3.24. The van der Waals surface area contributed by atoms with Crippen LogP contribution in [0.5, 0.6) is 5.75 Å². The molecule has 0 spiro atoms. The predicted octanol–water partition coefficient (Wildman–Crippen LogP) is 3.21. The molecular weight excluding hydrogens is 399 g/mol. The molecule has 0 aliphatic rings. The van der Waals surface area contributed by atoms with Crippen LogP contribution in [0.25, 0.3) is 21.9 Å². The van der Waals surface area contributed by atoms with Gasteiger partial charge in [-0.15, -0.1) is 0 Å². The molecule has 0 bridgehead atoms. The van der Waals surface area contributed by atoms with Gasteiger partial charge in [-0.3, -0.25) is 4.79 Å². The topological polar surface area (TPSA) is 76.7 Å². The summed E-state index contributed by atoms with van der Waals surface area (Å²) in [6.45, 7) is 0. The number of ether oxygens (including phenoxy) is 1. The van der Waals surface area contributed by atoms with E-state index in [1.165, 1.54) is 0 Å². The first-order valence-electron chi connectivity index (χ1n) is 6.51. The molecule has 0 amide bonds. The summed E-state index contributed by atoms with van der Waals surface area (Å²) >= 11 is 1.95. The Morgan fingerprint density at radius 3 is 2.64 bits per heavy atom. The summed E-state index contributed by atoms with van der Waals surface area (Å²) in [5, 5.41) is 9.98. The molecule has 0 saturated heterocycles. The number of alkyl halides is 1. The highest BCUT2D eigenvalue weighted by Gasteiger charge is 2.18. The van der Waals surface area contributed by atoms with Crippen molar-refractivity contribution in [3.63, 3.8) is 0 Å². The standard InChI is InChI=1S/C16H11IO5/c17-8-14(16(19)20)21-9-5-6-11-13(7-9)22-12-4-2-1-3-10(12)15(11)18/h1-7,14H,8H2,(H,19,20). The molecule has 1 heterocycles. The van der Waals surface area contributed by atoms with Crippen molar-refractivity contribution in [1.29, 1.82) is 0 Å². The molecule has 1 unspecified atom stereocenters. The number of aliphatic carboxylic acids is 1. The van der Waals surface area contributed by atoms with E-state index in [0.717, 1.165) is 0 Å². The Balaban J connectivity index is 2.12. The third-order valence-corrected chi connectivity index (χ3v) is 4.04. The van der Waals surface area contributed by atoms with Crippen molar-refractivity contribution in [2.75, 3.05) is 4.43 Å². The van der Waals surface area contributed by atoms with Gasteiger partial charge in [0.25, 0.3) is 0 Å². The van der Waals surface area contributed by atoms with Gasteiger partial charge in [0.15, 0.2) is 0 Å². The van der Waals surface area contributed by atoms with Gasteiger partial charge in [0.2, 0.25) is 11.5 Å². The van der Waals surface area contributed by atoms with Crippen molar-refractivity contribution < 1.29 is 19.1 Å². The average molecular weight is 410 g/mol. The first-order valence-corrected chi connectivity index (χ1v) is 8.04. The van der Waals surface area contributed by atoms with Gasteiger partial charge in [0, 0.05) is 10.5 Å². The molecule has 22 heavy (non-hydrogen) atoms. The Labute approximate surface area is 138 Å². The number of benzene rings is 2. The van der Waals surface area contributed by atoms with Crippen LogP contribution in [-0.4, -0.2) is 21.6 Å². The van der Waals surface area contributed by atoms with Crippen molar-refractivity contribution in [2.24, 2.45) is 0 Å². The van der Waals surface area contributed by atoms with E-state index in [9.17, 15) is 9.59 Å². The number of rotatable bonds is 4. The molecule has 0 saturated carbocycles. The van der Waals surface area contributed by atoms with Crippen LogP contribution in [0, 0.1) is 0 Å². The van der Waals surface area contributed by atoms with Crippen molar-refractivity contribution in [1.82, 2.24) is 0 Å². The lowest BCUT2D eigenvalue weighted by molar-refractivity contribution is -0.143. The maximum absolute atomic E-state index is 12.4. The van der Waals surface area contributed by atoms with Gasteiger partial charge in [0.1, 0.15) is 16.9 Å². The van der Waals surface area contributed by atoms with Gasteiger partial charge in [-0.2, -0.15) is 0 Å². The fourth-order valence-electron chi connectivity index (χ4n) is 2.17. The average Bonchev–Trinajstić information content (AvgIpc) is 2.52. The number of para-hydroxylation sites is 1.